The fourth-order valence-corrected chi connectivity index (χ4v) is 1.16. The number of pyridine rings is 1. The number of rotatable bonds is 2. The zero-order valence-electron chi connectivity index (χ0n) is 7.68. The van der Waals surface area contributed by atoms with Crippen molar-refractivity contribution in [1.29, 1.82) is 0 Å². The first-order valence-corrected chi connectivity index (χ1v) is 4.59. The number of anilines is 3. The van der Waals surface area contributed by atoms with Gasteiger partial charge in [-0.15, -0.1) is 0 Å². The van der Waals surface area contributed by atoms with Crippen molar-refractivity contribution in [1.82, 2.24) is 15.0 Å². The molecule has 6 heteroatoms. The molecule has 0 aromatic carbocycles. The lowest BCUT2D eigenvalue weighted by Gasteiger charge is -2.06. The molecule has 0 radical (unpaired) electrons. The molecule has 0 aliphatic rings. The fraction of sp³-hybridized carbons (Fsp3) is 0. The van der Waals surface area contributed by atoms with E-state index in [2.05, 4.69) is 20.3 Å². The van der Waals surface area contributed by atoms with E-state index < -0.39 is 0 Å². The zero-order chi connectivity index (χ0) is 10.7. The first kappa shape index (κ1) is 9.67. The molecular formula is C9H8ClN5. The van der Waals surface area contributed by atoms with Crippen LogP contribution in [0.15, 0.2) is 30.7 Å². The van der Waals surface area contributed by atoms with Crippen molar-refractivity contribution in [3.8, 4) is 0 Å². The van der Waals surface area contributed by atoms with Gasteiger partial charge in [0.2, 0.25) is 0 Å². The van der Waals surface area contributed by atoms with Crippen LogP contribution >= 0.6 is 11.6 Å². The minimum atomic E-state index is 0.225. The van der Waals surface area contributed by atoms with Crippen LogP contribution in [0, 0.1) is 0 Å². The van der Waals surface area contributed by atoms with Gasteiger partial charge in [-0.3, -0.25) is 0 Å². The van der Waals surface area contributed by atoms with Gasteiger partial charge in [0.25, 0.3) is 0 Å². The highest BCUT2D eigenvalue weighted by atomic mass is 35.5. The highest BCUT2D eigenvalue weighted by molar-refractivity contribution is 6.32. The van der Waals surface area contributed by atoms with Crippen molar-refractivity contribution >= 4 is 28.9 Å². The lowest BCUT2D eigenvalue weighted by atomic mass is 10.4. The van der Waals surface area contributed by atoms with Crippen LogP contribution in [0.5, 0.6) is 0 Å². The highest BCUT2D eigenvalue weighted by Crippen LogP contribution is 2.24. The van der Waals surface area contributed by atoms with Crippen molar-refractivity contribution in [3.05, 3.63) is 35.9 Å². The molecule has 0 aliphatic heterocycles. The maximum atomic E-state index is 5.74. The Labute approximate surface area is 91.3 Å². The number of nitrogens with two attached hydrogens (primary N) is 1. The number of halogens is 1. The molecule has 2 heterocycles. The van der Waals surface area contributed by atoms with Crippen LogP contribution in [-0.2, 0) is 0 Å². The van der Waals surface area contributed by atoms with E-state index in [-0.39, 0.29) is 5.15 Å². The molecule has 0 saturated heterocycles. The van der Waals surface area contributed by atoms with Crippen LogP contribution in [0.1, 0.15) is 0 Å². The van der Waals surface area contributed by atoms with Gasteiger partial charge >= 0.3 is 0 Å². The third-order valence-electron chi connectivity index (χ3n) is 1.75. The summed E-state index contributed by atoms with van der Waals surface area (Å²) in [5.74, 6) is 1.10. The Balaban J connectivity index is 2.29. The smallest absolute Gasteiger partial charge is 0.159 e. The maximum absolute atomic E-state index is 5.74. The van der Waals surface area contributed by atoms with Gasteiger partial charge < -0.3 is 11.1 Å². The SMILES string of the molecule is Nc1c(Cl)ncnc1Nc1ccccn1. The van der Waals surface area contributed by atoms with Gasteiger partial charge in [-0.1, -0.05) is 17.7 Å². The average Bonchev–Trinajstić information content (AvgIpc) is 2.26. The summed E-state index contributed by atoms with van der Waals surface area (Å²) in [5.41, 5.74) is 5.99. The first-order chi connectivity index (χ1) is 7.27. The number of hydrogen-bond acceptors (Lipinski definition) is 5. The van der Waals surface area contributed by atoms with Crippen LogP contribution in [0.25, 0.3) is 0 Å². The van der Waals surface area contributed by atoms with E-state index in [0.29, 0.717) is 17.3 Å². The molecule has 0 fully saturated rings. The molecule has 2 aromatic rings. The second-order valence-corrected chi connectivity index (χ2v) is 3.12. The van der Waals surface area contributed by atoms with E-state index >= 15 is 0 Å². The molecule has 76 valence electrons. The molecule has 0 amide bonds. The Bertz CT molecular complexity index is 459. The first-order valence-electron chi connectivity index (χ1n) is 4.21. The number of nitrogens with one attached hydrogen (secondary N) is 1. The quantitative estimate of drug-likeness (QED) is 0.757. The van der Waals surface area contributed by atoms with E-state index in [1.165, 1.54) is 6.33 Å². The van der Waals surface area contributed by atoms with Crippen LogP contribution in [0.2, 0.25) is 5.15 Å². The summed E-state index contributed by atoms with van der Waals surface area (Å²) in [6.07, 6.45) is 3.01. The molecule has 3 N–H and O–H groups in total. The zero-order valence-corrected chi connectivity index (χ0v) is 8.44. The summed E-state index contributed by atoms with van der Waals surface area (Å²) in [5, 5.41) is 3.17. The van der Waals surface area contributed by atoms with Gasteiger partial charge in [-0.25, -0.2) is 15.0 Å². The van der Waals surface area contributed by atoms with Crippen LogP contribution in [0.4, 0.5) is 17.3 Å². The molecule has 2 rings (SSSR count). The Kier molecular flexibility index (Phi) is 2.64. The molecule has 15 heavy (non-hydrogen) atoms. The second-order valence-electron chi connectivity index (χ2n) is 2.77. The van der Waals surface area contributed by atoms with E-state index in [1.807, 2.05) is 12.1 Å². The summed E-state index contributed by atoms with van der Waals surface area (Å²) in [6.45, 7) is 0. The molecule has 0 saturated carbocycles. The fourth-order valence-electron chi connectivity index (χ4n) is 1.03. The van der Waals surface area contributed by atoms with E-state index in [9.17, 15) is 0 Å². The summed E-state index contributed by atoms with van der Waals surface area (Å²) in [6, 6.07) is 5.48. The average molecular weight is 222 g/mol. The molecule has 0 bridgehead atoms. The maximum Gasteiger partial charge on any atom is 0.159 e. The predicted molar refractivity (Wildman–Crippen MR) is 59.0 cm³/mol. The van der Waals surface area contributed by atoms with Crippen LogP contribution < -0.4 is 11.1 Å². The summed E-state index contributed by atoms with van der Waals surface area (Å²) in [4.78, 5) is 11.8. The van der Waals surface area contributed by atoms with Crippen molar-refractivity contribution in [2.24, 2.45) is 0 Å². The predicted octanol–water partition coefficient (Wildman–Crippen LogP) is 1.85. The van der Waals surface area contributed by atoms with Gasteiger partial charge in [0.05, 0.1) is 0 Å². The Hall–Kier alpha value is -1.88. The molecule has 0 atom stereocenters. The molecule has 0 spiro atoms. The number of aromatic nitrogens is 3. The second kappa shape index (κ2) is 4.10. The lowest BCUT2D eigenvalue weighted by Crippen LogP contribution is -2.01. The number of nitrogens with zero attached hydrogens (tertiary/aromatic N) is 3. The van der Waals surface area contributed by atoms with E-state index in [4.69, 9.17) is 17.3 Å². The van der Waals surface area contributed by atoms with Crippen molar-refractivity contribution < 1.29 is 0 Å². The normalized spacial score (nSPS) is 9.93. The van der Waals surface area contributed by atoms with Crippen molar-refractivity contribution in [2.75, 3.05) is 11.1 Å². The lowest BCUT2D eigenvalue weighted by molar-refractivity contribution is 1.16. The number of nitrogen functional groups attached to an aromatic ring is 1. The minimum absolute atomic E-state index is 0.225. The summed E-state index contributed by atoms with van der Waals surface area (Å²) in [7, 11) is 0. The summed E-state index contributed by atoms with van der Waals surface area (Å²) >= 11 is 5.74. The van der Waals surface area contributed by atoms with Gasteiger partial charge in [-0.05, 0) is 12.1 Å². The van der Waals surface area contributed by atoms with E-state index in [1.54, 1.807) is 12.3 Å². The third-order valence-corrected chi connectivity index (χ3v) is 2.05. The van der Waals surface area contributed by atoms with Crippen molar-refractivity contribution in [3.63, 3.8) is 0 Å². The molecule has 2 aromatic heterocycles. The topological polar surface area (TPSA) is 76.7 Å². The van der Waals surface area contributed by atoms with Gasteiger partial charge in [-0.2, -0.15) is 0 Å². The molecule has 5 nitrogen and oxygen atoms in total. The molecule has 0 aliphatic carbocycles. The Morgan fingerprint density at radius 2 is 2.07 bits per heavy atom. The molecular weight excluding hydrogens is 214 g/mol. The van der Waals surface area contributed by atoms with Crippen LogP contribution in [-0.4, -0.2) is 15.0 Å². The Morgan fingerprint density at radius 1 is 1.20 bits per heavy atom. The third kappa shape index (κ3) is 2.13. The number of hydrogen-bond donors (Lipinski definition) is 2. The monoisotopic (exact) mass is 221 g/mol. The van der Waals surface area contributed by atoms with Gasteiger partial charge in [0.1, 0.15) is 17.8 Å². The van der Waals surface area contributed by atoms with E-state index in [0.717, 1.165) is 0 Å². The molecule has 0 unspecified atom stereocenters. The Morgan fingerprint density at radius 3 is 2.80 bits per heavy atom. The largest absolute Gasteiger partial charge is 0.393 e. The minimum Gasteiger partial charge on any atom is -0.393 e. The van der Waals surface area contributed by atoms with Crippen molar-refractivity contribution in [2.45, 2.75) is 0 Å². The standard InChI is InChI=1S/C9H8ClN5/c10-8-7(11)9(14-5-13-8)15-6-3-1-2-4-12-6/h1-5H,11H2,(H,12,13,14,15). The van der Waals surface area contributed by atoms with Gasteiger partial charge in [0.15, 0.2) is 11.0 Å². The highest BCUT2D eigenvalue weighted by Gasteiger charge is 2.05. The summed E-state index contributed by atoms with van der Waals surface area (Å²) < 4.78 is 0. The van der Waals surface area contributed by atoms with Gasteiger partial charge in [0, 0.05) is 6.20 Å². The van der Waals surface area contributed by atoms with Crippen LogP contribution in [0.3, 0.4) is 0 Å².